The molecule has 5 atom stereocenters. The summed E-state index contributed by atoms with van der Waals surface area (Å²) >= 11 is 0. The van der Waals surface area contributed by atoms with E-state index < -0.39 is 47.4 Å². The molecule has 1 aliphatic heterocycles. The number of Topliss-reactive ketones (excluding diaryl/α,β-unsaturated/α-hetero) is 1. The third kappa shape index (κ3) is 7.77. The number of fused-ring (bicyclic) bond motifs is 1. The molecule has 3 rings (SSSR count). The number of nitrogens with zero attached hydrogens (tertiary/aromatic N) is 1. The van der Waals surface area contributed by atoms with Crippen molar-refractivity contribution in [2.24, 2.45) is 23.2 Å². The molecule has 4 amide bonds. The topological polar surface area (TPSA) is 134 Å². The number of rotatable bonds is 12. The van der Waals surface area contributed by atoms with Crippen LogP contribution in [0.5, 0.6) is 0 Å². The minimum Gasteiger partial charge on any atom is -0.436 e. The summed E-state index contributed by atoms with van der Waals surface area (Å²) in [5.74, 6) is -2.54. The Morgan fingerprint density at radius 3 is 2.29 bits per heavy atom. The third-order valence-electron chi connectivity index (χ3n) is 8.72. The molecule has 2 aliphatic carbocycles. The van der Waals surface area contributed by atoms with Crippen LogP contribution in [0.1, 0.15) is 79.6 Å². The van der Waals surface area contributed by atoms with Gasteiger partial charge in [0.05, 0.1) is 6.04 Å². The van der Waals surface area contributed by atoms with Crippen LogP contribution in [-0.4, -0.2) is 71.3 Å². The molecule has 1 unspecified atom stereocenters. The first-order valence-electron chi connectivity index (χ1n) is 14.9. The van der Waals surface area contributed by atoms with Crippen LogP contribution >= 0.6 is 0 Å². The second-order valence-corrected chi connectivity index (χ2v) is 13.3. The zero-order valence-corrected chi connectivity index (χ0v) is 25.3. The number of carbonyl (C=O) groups is 5. The first-order valence-corrected chi connectivity index (χ1v) is 14.9. The monoisotopic (exact) mass is 572 g/mol. The van der Waals surface area contributed by atoms with E-state index in [0.29, 0.717) is 13.0 Å². The summed E-state index contributed by atoms with van der Waals surface area (Å²) in [6.07, 6.45) is 6.53. The van der Waals surface area contributed by atoms with Gasteiger partial charge in [0.25, 0.3) is 11.8 Å². The van der Waals surface area contributed by atoms with Crippen molar-refractivity contribution in [2.75, 3.05) is 13.1 Å². The predicted octanol–water partition coefficient (Wildman–Crippen LogP) is 3.27. The number of hydrogen-bond acceptors (Lipinski definition) is 6. The van der Waals surface area contributed by atoms with Crippen molar-refractivity contribution >= 4 is 29.6 Å². The lowest BCUT2D eigenvalue weighted by Crippen LogP contribution is -2.58. The third-order valence-corrected chi connectivity index (χ3v) is 8.72. The van der Waals surface area contributed by atoms with Crippen molar-refractivity contribution in [3.05, 3.63) is 25.3 Å². The largest absolute Gasteiger partial charge is 0.436 e. The van der Waals surface area contributed by atoms with Crippen molar-refractivity contribution < 1.29 is 28.7 Å². The van der Waals surface area contributed by atoms with Gasteiger partial charge in [0.15, 0.2) is 6.10 Å². The molecule has 3 aliphatic rings. The van der Waals surface area contributed by atoms with E-state index in [1.807, 2.05) is 20.8 Å². The Balaban J connectivity index is 1.85. The van der Waals surface area contributed by atoms with Crippen LogP contribution in [0, 0.1) is 23.2 Å². The molecule has 0 aromatic heterocycles. The Bertz CT molecular complexity index is 1040. The molecule has 41 heavy (non-hydrogen) atoms. The van der Waals surface area contributed by atoms with E-state index in [4.69, 9.17) is 4.74 Å². The van der Waals surface area contributed by atoms with Crippen molar-refractivity contribution in [2.45, 2.75) is 103 Å². The normalized spacial score (nSPS) is 24.7. The quantitative estimate of drug-likeness (QED) is 0.243. The molecule has 3 N–H and O–H groups in total. The van der Waals surface area contributed by atoms with Gasteiger partial charge in [0.2, 0.25) is 11.7 Å². The fourth-order valence-corrected chi connectivity index (χ4v) is 6.43. The van der Waals surface area contributed by atoms with Gasteiger partial charge in [0, 0.05) is 24.5 Å². The van der Waals surface area contributed by atoms with Crippen molar-refractivity contribution in [3.8, 4) is 0 Å². The first-order chi connectivity index (χ1) is 19.2. The Hall–Kier alpha value is -3.17. The molecule has 1 heterocycles. The highest BCUT2D eigenvalue weighted by Gasteiger charge is 2.70. The number of ketones is 1. The Kier molecular flexibility index (Phi) is 10.4. The maximum Gasteiger partial charge on any atom is 0.408 e. The fourth-order valence-electron chi connectivity index (χ4n) is 6.43. The van der Waals surface area contributed by atoms with Crippen LogP contribution in [0.3, 0.4) is 0 Å². The lowest BCUT2D eigenvalue weighted by Gasteiger charge is -2.36. The summed E-state index contributed by atoms with van der Waals surface area (Å²) in [4.78, 5) is 67.7. The predicted molar refractivity (Wildman–Crippen MR) is 156 cm³/mol. The lowest BCUT2D eigenvalue weighted by atomic mass is 9.84. The standard InChI is InChI=1S/C31H48N4O6/c1-8-10-16-21(24(36)27(38)32-17-9-2)33-26(37)23-22-20(31(22,6)7)18-35(23)28(39)25(19-14-12-11-13-15-19)41-29(40)34-30(3,4)5/h8-9,19-23,25H,1-2,10-18H2,3-7H3,(H,32,38)(H,33,37)(H,34,40)/t20?,21-,22+,23+,25+/m1/s1. The van der Waals surface area contributed by atoms with Crippen molar-refractivity contribution in [3.63, 3.8) is 0 Å². The highest BCUT2D eigenvalue weighted by atomic mass is 16.6. The zero-order valence-electron chi connectivity index (χ0n) is 25.3. The van der Waals surface area contributed by atoms with Gasteiger partial charge in [-0.2, -0.15) is 0 Å². The first kappa shape index (κ1) is 32.3. The van der Waals surface area contributed by atoms with Gasteiger partial charge in [-0.1, -0.05) is 45.3 Å². The Morgan fingerprint density at radius 2 is 1.71 bits per heavy atom. The smallest absolute Gasteiger partial charge is 0.408 e. The number of piperidine rings is 1. The summed E-state index contributed by atoms with van der Waals surface area (Å²) in [5.41, 5.74) is -0.699. The summed E-state index contributed by atoms with van der Waals surface area (Å²) in [7, 11) is 0. The van der Waals surface area contributed by atoms with E-state index >= 15 is 0 Å². The van der Waals surface area contributed by atoms with Crippen LogP contribution in [-0.2, 0) is 23.9 Å². The van der Waals surface area contributed by atoms with E-state index in [1.54, 1.807) is 11.0 Å². The summed E-state index contributed by atoms with van der Waals surface area (Å²) in [6, 6.07) is -1.90. The number of nitrogens with one attached hydrogen (secondary N) is 3. The second kappa shape index (κ2) is 13.2. The molecule has 0 radical (unpaired) electrons. The Labute approximate surface area is 244 Å². The van der Waals surface area contributed by atoms with Crippen LogP contribution in [0.15, 0.2) is 25.3 Å². The number of hydrogen-bond donors (Lipinski definition) is 3. The van der Waals surface area contributed by atoms with Crippen molar-refractivity contribution in [1.82, 2.24) is 20.9 Å². The molecular formula is C31H48N4O6. The van der Waals surface area contributed by atoms with E-state index in [2.05, 4.69) is 43.0 Å². The van der Waals surface area contributed by atoms with Gasteiger partial charge in [-0.25, -0.2) is 4.79 Å². The molecular weight excluding hydrogens is 524 g/mol. The molecule has 1 saturated heterocycles. The van der Waals surface area contributed by atoms with Gasteiger partial charge in [-0.3, -0.25) is 19.2 Å². The summed E-state index contributed by atoms with van der Waals surface area (Å²) in [5, 5.41) is 8.04. The SMILES string of the molecule is C=CCC[C@@H](NC(=O)[C@@H]1[C@@H]2C(CN1C(=O)[C@@H](OC(=O)NC(C)(C)C)C1CCCCC1)C2(C)C)C(=O)C(=O)NCC=C. The number of alkyl carbamates (subject to hydrolysis) is 1. The second-order valence-electron chi connectivity index (χ2n) is 13.3. The molecule has 2 saturated carbocycles. The van der Waals surface area contributed by atoms with E-state index in [9.17, 15) is 24.0 Å². The number of likely N-dealkylation sites (tertiary alicyclic amines) is 1. The maximum atomic E-state index is 14.1. The molecule has 0 aromatic carbocycles. The van der Waals surface area contributed by atoms with E-state index in [1.165, 1.54) is 6.08 Å². The van der Waals surface area contributed by atoms with Gasteiger partial charge in [0.1, 0.15) is 6.04 Å². The molecule has 3 fully saturated rings. The van der Waals surface area contributed by atoms with Gasteiger partial charge in [-0.05, 0) is 63.7 Å². The van der Waals surface area contributed by atoms with Gasteiger partial charge in [-0.15, -0.1) is 13.2 Å². The minimum absolute atomic E-state index is 0.105. The van der Waals surface area contributed by atoms with Crippen LogP contribution in [0.4, 0.5) is 4.79 Å². The molecule has 228 valence electrons. The molecule has 10 heteroatoms. The average molecular weight is 573 g/mol. The van der Waals surface area contributed by atoms with Crippen LogP contribution in [0.2, 0.25) is 0 Å². The number of allylic oxidation sites excluding steroid dienone is 1. The molecule has 0 bridgehead atoms. The van der Waals surface area contributed by atoms with Crippen LogP contribution in [0.25, 0.3) is 0 Å². The van der Waals surface area contributed by atoms with E-state index in [0.717, 1.165) is 32.1 Å². The number of ether oxygens (including phenoxy) is 1. The van der Waals surface area contributed by atoms with Gasteiger partial charge < -0.3 is 25.6 Å². The number of carbonyl (C=O) groups excluding carboxylic acids is 5. The number of amides is 4. The van der Waals surface area contributed by atoms with E-state index in [-0.39, 0.29) is 42.0 Å². The van der Waals surface area contributed by atoms with Crippen molar-refractivity contribution in [1.29, 1.82) is 0 Å². The molecule has 0 spiro atoms. The minimum atomic E-state index is -1.06. The molecule has 10 nitrogen and oxygen atoms in total. The van der Waals surface area contributed by atoms with Crippen LogP contribution < -0.4 is 16.0 Å². The highest BCUT2D eigenvalue weighted by molar-refractivity contribution is 6.38. The highest BCUT2D eigenvalue weighted by Crippen LogP contribution is 2.65. The average Bonchev–Trinajstić information content (AvgIpc) is 3.23. The zero-order chi connectivity index (χ0) is 30.5. The fraction of sp³-hybridized carbons (Fsp3) is 0.710. The van der Waals surface area contributed by atoms with Gasteiger partial charge >= 0.3 is 6.09 Å². The summed E-state index contributed by atoms with van der Waals surface area (Å²) < 4.78 is 5.81. The summed E-state index contributed by atoms with van der Waals surface area (Å²) in [6.45, 7) is 17.4. The molecule has 0 aromatic rings. The lowest BCUT2D eigenvalue weighted by molar-refractivity contribution is -0.150. The maximum absolute atomic E-state index is 14.1. The Morgan fingerprint density at radius 1 is 1.05 bits per heavy atom.